The molecule has 0 radical (unpaired) electrons. The summed E-state index contributed by atoms with van der Waals surface area (Å²) in [7, 11) is 0. The number of hydrogen-bond donors (Lipinski definition) is 2. The zero-order valence-corrected chi connectivity index (χ0v) is 15.0. The van der Waals surface area contributed by atoms with Gasteiger partial charge in [-0.3, -0.25) is 14.3 Å². The van der Waals surface area contributed by atoms with Crippen LogP contribution < -0.4 is 10.6 Å². The second kappa shape index (κ2) is 5.96. The molecule has 0 spiro atoms. The summed E-state index contributed by atoms with van der Waals surface area (Å²) in [6.45, 7) is 5.21. The van der Waals surface area contributed by atoms with Crippen LogP contribution in [0.15, 0.2) is 23.1 Å². The van der Waals surface area contributed by atoms with Crippen molar-refractivity contribution in [1.82, 2.24) is 25.4 Å². The molecule has 138 valence electrons. The van der Waals surface area contributed by atoms with E-state index in [-0.39, 0.29) is 22.8 Å². The third-order valence-electron chi connectivity index (χ3n) is 5.50. The third-order valence-corrected chi connectivity index (χ3v) is 5.50. The Labute approximate surface area is 151 Å². The summed E-state index contributed by atoms with van der Waals surface area (Å²) in [6.07, 6.45) is 5.73. The van der Waals surface area contributed by atoms with Crippen molar-refractivity contribution in [1.29, 1.82) is 0 Å². The van der Waals surface area contributed by atoms with Gasteiger partial charge in [0.15, 0.2) is 12.1 Å². The predicted molar refractivity (Wildman–Crippen MR) is 92.3 cm³/mol. The van der Waals surface area contributed by atoms with E-state index in [4.69, 9.17) is 4.42 Å². The molecule has 2 heterocycles. The standard InChI is InChI=1S/C18H23N5O3/c1-12-5-13(2)23(22-12)4-3-15(24)19-10-17-7-18(8-17,9-17)21-16(25)14-6-26-11-20-14/h5-6,11H,3-4,7-10H2,1-2H3,(H,19,24)(H,21,25). The molecule has 2 aromatic rings. The van der Waals surface area contributed by atoms with Crippen molar-refractivity contribution in [3.05, 3.63) is 35.8 Å². The highest BCUT2D eigenvalue weighted by molar-refractivity contribution is 5.92. The maximum absolute atomic E-state index is 12.1. The van der Waals surface area contributed by atoms with Crippen LogP contribution in [0.5, 0.6) is 0 Å². The maximum Gasteiger partial charge on any atom is 0.273 e. The number of amides is 2. The monoisotopic (exact) mass is 357 g/mol. The molecule has 2 bridgehead atoms. The van der Waals surface area contributed by atoms with Gasteiger partial charge in [0.05, 0.1) is 5.69 Å². The lowest BCUT2D eigenvalue weighted by atomic mass is 9.39. The van der Waals surface area contributed by atoms with Crippen LogP contribution >= 0.6 is 0 Å². The number of nitrogens with one attached hydrogen (secondary N) is 2. The van der Waals surface area contributed by atoms with E-state index in [1.165, 1.54) is 12.7 Å². The van der Waals surface area contributed by atoms with Gasteiger partial charge in [-0.15, -0.1) is 0 Å². The van der Waals surface area contributed by atoms with E-state index in [1.807, 2.05) is 24.6 Å². The van der Waals surface area contributed by atoms with Gasteiger partial charge < -0.3 is 15.1 Å². The molecule has 0 atom stereocenters. The molecule has 3 aliphatic carbocycles. The summed E-state index contributed by atoms with van der Waals surface area (Å²) >= 11 is 0. The molecule has 2 N–H and O–H groups in total. The van der Waals surface area contributed by atoms with Gasteiger partial charge in [-0.1, -0.05) is 0 Å². The zero-order chi connectivity index (χ0) is 18.4. The average Bonchev–Trinajstić information content (AvgIpc) is 3.15. The van der Waals surface area contributed by atoms with Crippen LogP contribution in [-0.4, -0.2) is 38.7 Å². The van der Waals surface area contributed by atoms with E-state index in [9.17, 15) is 9.59 Å². The van der Waals surface area contributed by atoms with Crippen LogP contribution in [0.3, 0.4) is 0 Å². The first-order chi connectivity index (χ1) is 12.4. The van der Waals surface area contributed by atoms with Crippen molar-refractivity contribution in [2.75, 3.05) is 6.54 Å². The molecular weight excluding hydrogens is 334 g/mol. The summed E-state index contributed by atoms with van der Waals surface area (Å²) in [5, 5.41) is 10.4. The molecule has 0 saturated heterocycles. The number of rotatable bonds is 7. The van der Waals surface area contributed by atoms with E-state index in [1.54, 1.807) is 0 Å². The van der Waals surface area contributed by atoms with Gasteiger partial charge >= 0.3 is 0 Å². The molecule has 0 unspecified atom stereocenters. The smallest absolute Gasteiger partial charge is 0.273 e. The van der Waals surface area contributed by atoms with E-state index in [0.29, 0.717) is 25.2 Å². The van der Waals surface area contributed by atoms with Crippen LogP contribution in [0.2, 0.25) is 0 Å². The highest BCUT2D eigenvalue weighted by Crippen LogP contribution is 2.66. The second-order valence-electron chi connectivity index (χ2n) is 7.82. The van der Waals surface area contributed by atoms with Crippen LogP contribution in [0.25, 0.3) is 0 Å². The molecule has 3 aliphatic rings. The SMILES string of the molecule is Cc1cc(C)n(CCC(=O)NCC23CC(NC(=O)c4cocn4)(C2)C3)n1. The first kappa shape index (κ1) is 16.8. The Bertz CT molecular complexity index is 819. The van der Waals surface area contributed by atoms with Gasteiger partial charge in [-0.2, -0.15) is 5.10 Å². The van der Waals surface area contributed by atoms with Gasteiger partial charge in [-0.25, -0.2) is 4.98 Å². The zero-order valence-electron chi connectivity index (χ0n) is 15.0. The Morgan fingerprint density at radius 3 is 2.69 bits per heavy atom. The van der Waals surface area contributed by atoms with Crippen LogP contribution in [-0.2, 0) is 11.3 Å². The van der Waals surface area contributed by atoms with E-state index >= 15 is 0 Å². The fourth-order valence-corrected chi connectivity index (χ4v) is 4.43. The molecule has 2 aromatic heterocycles. The molecule has 0 aromatic carbocycles. The average molecular weight is 357 g/mol. The largest absolute Gasteiger partial charge is 0.451 e. The number of aryl methyl sites for hydroxylation is 3. The Morgan fingerprint density at radius 1 is 1.31 bits per heavy atom. The summed E-state index contributed by atoms with van der Waals surface area (Å²) in [4.78, 5) is 28.0. The summed E-state index contributed by atoms with van der Waals surface area (Å²) < 4.78 is 6.70. The minimum atomic E-state index is -0.194. The van der Waals surface area contributed by atoms with Crippen molar-refractivity contribution in [2.24, 2.45) is 5.41 Å². The second-order valence-corrected chi connectivity index (χ2v) is 7.82. The maximum atomic E-state index is 12.1. The number of oxazole rings is 1. The Kier molecular flexibility index (Phi) is 3.86. The van der Waals surface area contributed by atoms with E-state index in [0.717, 1.165) is 30.7 Å². The molecular formula is C18H23N5O3. The lowest BCUT2D eigenvalue weighted by Crippen LogP contribution is -2.76. The normalized spacial score (nSPS) is 25.9. The van der Waals surface area contributed by atoms with Gasteiger partial charge in [0.2, 0.25) is 5.91 Å². The number of nitrogens with zero attached hydrogens (tertiary/aromatic N) is 3. The molecule has 0 aliphatic heterocycles. The van der Waals surface area contributed by atoms with E-state index in [2.05, 4.69) is 20.7 Å². The predicted octanol–water partition coefficient (Wildman–Crippen LogP) is 1.35. The molecule has 8 heteroatoms. The number of hydrogen-bond acceptors (Lipinski definition) is 5. The molecule has 3 fully saturated rings. The first-order valence-electron chi connectivity index (χ1n) is 8.87. The Hall–Kier alpha value is -2.64. The molecule has 8 nitrogen and oxygen atoms in total. The minimum absolute atomic E-state index is 0.0444. The number of carbonyl (C=O) groups excluding carboxylic acids is 2. The fourth-order valence-electron chi connectivity index (χ4n) is 4.43. The van der Waals surface area contributed by atoms with Crippen LogP contribution in [0.4, 0.5) is 0 Å². The highest BCUT2D eigenvalue weighted by Gasteiger charge is 2.68. The van der Waals surface area contributed by atoms with Crippen molar-refractivity contribution in [2.45, 2.75) is 51.6 Å². The summed E-state index contributed by atoms with van der Waals surface area (Å²) in [5.74, 6) is -0.149. The Balaban J connectivity index is 1.18. The topological polar surface area (TPSA) is 102 Å². The molecule has 26 heavy (non-hydrogen) atoms. The van der Waals surface area contributed by atoms with Crippen molar-refractivity contribution >= 4 is 11.8 Å². The molecule has 2 amide bonds. The van der Waals surface area contributed by atoms with Crippen molar-refractivity contribution in [3.8, 4) is 0 Å². The van der Waals surface area contributed by atoms with Crippen molar-refractivity contribution < 1.29 is 14.0 Å². The number of aromatic nitrogens is 3. The van der Waals surface area contributed by atoms with Crippen LogP contribution in [0.1, 0.15) is 47.6 Å². The highest BCUT2D eigenvalue weighted by atomic mass is 16.3. The quantitative estimate of drug-likeness (QED) is 0.779. The van der Waals surface area contributed by atoms with Gasteiger partial charge in [0, 0.05) is 30.7 Å². The van der Waals surface area contributed by atoms with Gasteiger partial charge in [-0.05, 0) is 44.6 Å². The molecule has 5 rings (SSSR count). The lowest BCUT2D eigenvalue weighted by molar-refractivity contribution is -0.149. The number of carbonyl (C=O) groups is 2. The van der Waals surface area contributed by atoms with Crippen LogP contribution in [0, 0.1) is 19.3 Å². The minimum Gasteiger partial charge on any atom is -0.451 e. The van der Waals surface area contributed by atoms with E-state index < -0.39 is 0 Å². The first-order valence-corrected chi connectivity index (χ1v) is 8.87. The van der Waals surface area contributed by atoms with Crippen molar-refractivity contribution in [3.63, 3.8) is 0 Å². The van der Waals surface area contributed by atoms with Gasteiger partial charge in [0.25, 0.3) is 5.91 Å². The summed E-state index contributed by atoms with van der Waals surface area (Å²) in [6, 6.07) is 2.01. The van der Waals surface area contributed by atoms with Gasteiger partial charge in [0.1, 0.15) is 6.26 Å². The lowest BCUT2D eigenvalue weighted by Gasteiger charge is -2.70. The third kappa shape index (κ3) is 3.00. The fraction of sp³-hybridized carbons (Fsp3) is 0.556. The Morgan fingerprint density at radius 2 is 2.08 bits per heavy atom. The molecule has 3 saturated carbocycles. The summed E-state index contributed by atoms with van der Waals surface area (Å²) in [5.41, 5.74) is 2.37.